The third kappa shape index (κ3) is 4.58. The minimum Gasteiger partial charge on any atom is -0.469 e. The lowest BCUT2D eigenvalue weighted by Crippen LogP contribution is -2.34. The van der Waals surface area contributed by atoms with Crippen molar-refractivity contribution in [3.05, 3.63) is 48.0 Å². The fourth-order valence-corrected chi connectivity index (χ4v) is 2.43. The topological polar surface area (TPSA) is 55.4 Å². The molecule has 2 aromatic rings. The monoisotopic (exact) mass is 309 g/mol. The number of carbonyl (C=O) groups excluding carboxylic acids is 2. The molecule has 0 unspecified atom stereocenters. The largest absolute Gasteiger partial charge is 0.469 e. The lowest BCUT2D eigenvalue weighted by atomic mass is 9.97. The summed E-state index contributed by atoms with van der Waals surface area (Å²) in [6.07, 6.45) is 0.497. The second-order valence-corrected chi connectivity index (χ2v) is 5.19. The maximum absolute atomic E-state index is 11.9. The van der Waals surface area contributed by atoms with Crippen molar-refractivity contribution >= 4 is 22.6 Å². The Morgan fingerprint density at radius 3 is 2.61 bits per heavy atom. The van der Waals surface area contributed by atoms with Crippen LogP contribution < -0.4 is 5.32 Å². The third-order valence-electron chi connectivity index (χ3n) is 3.58. The van der Waals surface area contributed by atoms with Gasteiger partial charge in [0.25, 0.3) is 5.91 Å². The van der Waals surface area contributed by atoms with Crippen molar-refractivity contribution in [3.63, 3.8) is 0 Å². The van der Waals surface area contributed by atoms with Gasteiger partial charge in [-0.15, -0.1) is 0 Å². The highest BCUT2D eigenvalue weighted by Gasteiger charge is 2.20. The van der Waals surface area contributed by atoms with Crippen molar-refractivity contribution in [2.24, 2.45) is 5.92 Å². The van der Waals surface area contributed by atoms with E-state index >= 15 is 0 Å². The first-order valence-electron chi connectivity index (χ1n) is 7.40. The zero-order chi connectivity index (χ0) is 16.7. The lowest BCUT2D eigenvalue weighted by Gasteiger charge is -2.15. The van der Waals surface area contributed by atoms with E-state index in [0.29, 0.717) is 6.42 Å². The highest BCUT2D eigenvalue weighted by atomic mass is 16.5. The zero-order valence-electron chi connectivity index (χ0n) is 13.3. The van der Waals surface area contributed by atoms with Crippen LogP contribution in [0, 0.1) is 17.8 Å². The summed E-state index contributed by atoms with van der Waals surface area (Å²) >= 11 is 0. The van der Waals surface area contributed by atoms with Gasteiger partial charge >= 0.3 is 5.97 Å². The van der Waals surface area contributed by atoms with Gasteiger partial charge in [0.1, 0.15) is 0 Å². The molecule has 2 rings (SSSR count). The van der Waals surface area contributed by atoms with Crippen LogP contribution in [0.3, 0.4) is 0 Å². The van der Waals surface area contributed by atoms with Gasteiger partial charge in [-0.05, 0) is 35.6 Å². The molecule has 118 valence electrons. The summed E-state index contributed by atoms with van der Waals surface area (Å²) in [7, 11) is 1.35. The summed E-state index contributed by atoms with van der Waals surface area (Å²) in [6, 6.07) is 14.1. The number of benzene rings is 2. The highest BCUT2D eigenvalue weighted by Crippen LogP contribution is 2.18. The van der Waals surface area contributed by atoms with Gasteiger partial charge in [-0.25, -0.2) is 0 Å². The van der Waals surface area contributed by atoms with E-state index < -0.39 is 5.92 Å². The first-order chi connectivity index (χ1) is 11.1. The highest BCUT2D eigenvalue weighted by molar-refractivity contribution is 5.93. The van der Waals surface area contributed by atoms with Gasteiger partial charge in [-0.2, -0.15) is 0 Å². The van der Waals surface area contributed by atoms with Crippen molar-refractivity contribution in [2.45, 2.75) is 13.3 Å². The molecular formula is C19H19NO3. The Kier molecular flexibility index (Phi) is 5.76. The van der Waals surface area contributed by atoms with Crippen LogP contribution in [0.25, 0.3) is 10.8 Å². The summed E-state index contributed by atoms with van der Waals surface area (Å²) in [5.41, 5.74) is 1.02. The number of ether oxygens (including phenoxy) is 1. The minimum absolute atomic E-state index is 0.201. The summed E-state index contributed by atoms with van der Waals surface area (Å²) in [5.74, 6) is 3.75. The van der Waals surface area contributed by atoms with Crippen molar-refractivity contribution in [2.75, 3.05) is 13.7 Å². The second-order valence-electron chi connectivity index (χ2n) is 5.19. The van der Waals surface area contributed by atoms with Gasteiger partial charge in [-0.1, -0.05) is 48.4 Å². The maximum atomic E-state index is 11.9. The van der Waals surface area contributed by atoms with Gasteiger partial charge < -0.3 is 10.1 Å². The minimum atomic E-state index is -0.441. The van der Waals surface area contributed by atoms with Crippen molar-refractivity contribution < 1.29 is 14.3 Å². The zero-order valence-corrected chi connectivity index (χ0v) is 13.3. The molecule has 0 heterocycles. The van der Waals surface area contributed by atoms with E-state index in [1.54, 1.807) is 6.92 Å². The fourth-order valence-electron chi connectivity index (χ4n) is 2.43. The number of hydrogen-bond acceptors (Lipinski definition) is 3. The molecule has 0 aliphatic carbocycles. The van der Waals surface area contributed by atoms with Crippen LogP contribution in [0.5, 0.6) is 0 Å². The molecule has 0 radical (unpaired) electrons. The van der Waals surface area contributed by atoms with Crippen LogP contribution in [0.1, 0.15) is 12.5 Å². The van der Waals surface area contributed by atoms with Crippen LogP contribution in [-0.2, 0) is 20.7 Å². The van der Waals surface area contributed by atoms with E-state index in [2.05, 4.69) is 23.2 Å². The number of carbonyl (C=O) groups is 2. The van der Waals surface area contributed by atoms with Gasteiger partial charge in [0.15, 0.2) is 0 Å². The summed E-state index contributed by atoms with van der Waals surface area (Å²) in [5, 5.41) is 4.91. The number of hydrogen-bond donors (Lipinski definition) is 1. The SMILES string of the molecule is CC#CC(=O)NC[C@@H](Cc1ccc2ccccc2c1)C(=O)OC. The molecule has 23 heavy (non-hydrogen) atoms. The molecule has 0 saturated heterocycles. The molecule has 4 nitrogen and oxygen atoms in total. The van der Waals surface area contributed by atoms with Crippen LogP contribution in [0.4, 0.5) is 0 Å². The molecule has 0 spiro atoms. The van der Waals surface area contributed by atoms with Gasteiger partial charge in [-0.3, -0.25) is 9.59 Å². The normalized spacial score (nSPS) is 11.2. The molecule has 0 bridgehead atoms. The van der Waals surface area contributed by atoms with Gasteiger partial charge in [0.2, 0.25) is 0 Å². The number of fused-ring (bicyclic) bond motifs is 1. The van der Waals surface area contributed by atoms with Crippen LogP contribution in [-0.4, -0.2) is 25.5 Å². The number of rotatable bonds is 5. The molecule has 0 saturated carbocycles. The molecule has 1 atom stereocenters. The average Bonchev–Trinajstić information content (AvgIpc) is 2.58. The standard InChI is InChI=1S/C19H19NO3/c1-3-6-18(21)20-13-17(19(22)23-2)12-14-9-10-15-7-4-5-8-16(15)11-14/h4-5,7-11,17H,12-13H2,1-2H3,(H,20,21)/t17-/m1/s1. The summed E-state index contributed by atoms with van der Waals surface area (Å²) in [4.78, 5) is 23.4. The smallest absolute Gasteiger partial charge is 0.310 e. The molecule has 2 aromatic carbocycles. The van der Waals surface area contributed by atoms with Crippen molar-refractivity contribution in [1.82, 2.24) is 5.32 Å². The molecule has 1 amide bonds. The van der Waals surface area contributed by atoms with Crippen molar-refractivity contribution in [1.29, 1.82) is 0 Å². The van der Waals surface area contributed by atoms with Crippen LogP contribution >= 0.6 is 0 Å². The lowest BCUT2D eigenvalue weighted by molar-refractivity contribution is -0.145. The summed E-state index contributed by atoms with van der Waals surface area (Å²) in [6.45, 7) is 1.79. The summed E-state index contributed by atoms with van der Waals surface area (Å²) < 4.78 is 4.84. The van der Waals surface area contributed by atoms with E-state index in [0.717, 1.165) is 16.3 Å². The Morgan fingerprint density at radius 1 is 1.17 bits per heavy atom. The van der Waals surface area contributed by atoms with Gasteiger partial charge in [0.05, 0.1) is 13.0 Å². The predicted molar refractivity (Wildman–Crippen MR) is 89.6 cm³/mol. The molecule has 1 N–H and O–H groups in total. The molecule has 0 aliphatic heterocycles. The van der Waals surface area contributed by atoms with Gasteiger partial charge in [0, 0.05) is 6.54 Å². The number of esters is 1. The molecular weight excluding hydrogens is 290 g/mol. The molecule has 0 aliphatic rings. The molecule has 0 aromatic heterocycles. The third-order valence-corrected chi connectivity index (χ3v) is 3.58. The number of methoxy groups -OCH3 is 1. The number of amides is 1. The fraction of sp³-hybridized carbons (Fsp3) is 0.263. The van der Waals surface area contributed by atoms with E-state index in [9.17, 15) is 9.59 Å². The van der Waals surface area contributed by atoms with Crippen LogP contribution in [0.15, 0.2) is 42.5 Å². The molecule has 0 fully saturated rings. The quantitative estimate of drug-likeness (QED) is 0.681. The Labute approximate surface area is 135 Å². The van der Waals surface area contributed by atoms with E-state index in [-0.39, 0.29) is 18.4 Å². The predicted octanol–water partition coefficient (Wildman–Crippen LogP) is 2.31. The Bertz CT molecular complexity index is 771. The van der Waals surface area contributed by atoms with E-state index in [1.807, 2.05) is 36.4 Å². The average molecular weight is 309 g/mol. The van der Waals surface area contributed by atoms with E-state index in [4.69, 9.17) is 4.74 Å². The number of nitrogens with one attached hydrogen (secondary N) is 1. The van der Waals surface area contributed by atoms with Crippen molar-refractivity contribution in [3.8, 4) is 11.8 Å². The first kappa shape index (κ1) is 16.6. The Morgan fingerprint density at radius 2 is 1.91 bits per heavy atom. The van der Waals surface area contributed by atoms with Crippen LogP contribution in [0.2, 0.25) is 0 Å². The second kappa shape index (κ2) is 8.00. The van der Waals surface area contributed by atoms with E-state index in [1.165, 1.54) is 7.11 Å². The first-order valence-corrected chi connectivity index (χ1v) is 7.40. The molecule has 4 heteroatoms. The maximum Gasteiger partial charge on any atom is 0.310 e. The Balaban J connectivity index is 2.13. The Hall–Kier alpha value is -2.80.